The Morgan fingerprint density at radius 3 is 2.68 bits per heavy atom. The average Bonchev–Trinajstić information content (AvgIpc) is 3.02. The van der Waals surface area contributed by atoms with Crippen LogP contribution in [0.2, 0.25) is 0 Å². The van der Waals surface area contributed by atoms with Crippen LogP contribution in [0.15, 0.2) is 42.5 Å². The van der Waals surface area contributed by atoms with Gasteiger partial charge in [0.1, 0.15) is 0 Å². The summed E-state index contributed by atoms with van der Waals surface area (Å²) >= 11 is 1.60. The minimum atomic E-state index is -0.105. The Morgan fingerprint density at radius 2 is 1.92 bits per heavy atom. The minimum Gasteiger partial charge on any atom is -0.378 e. The fourth-order valence-electron chi connectivity index (χ4n) is 2.96. The smallest absolute Gasteiger partial charge is 0.255 e. The number of fused-ring (bicyclic) bond motifs is 1. The zero-order valence-corrected chi connectivity index (χ0v) is 14.8. The SMILES string of the molecule is Cc1nc2ccc(C(=O)Nc3ccc(N4CCOCC4)cc3)cc2s1. The standard InChI is InChI=1S/C19H19N3O2S/c1-13-20-17-7-2-14(12-18(17)25-13)19(23)21-15-3-5-16(6-4-15)22-8-10-24-11-9-22/h2-7,12H,8-11H2,1H3,(H,21,23). The summed E-state index contributed by atoms with van der Waals surface area (Å²) in [5.74, 6) is -0.105. The zero-order valence-electron chi connectivity index (χ0n) is 14.0. The normalized spacial score (nSPS) is 14.7. The van der Waals surface area contributed by atoms with Gasteiger partial charge in [0.05, 0.1) is 28.4 Å². The summed E-state index contributed by atoms with van der Waals surface area (Å²) in [6.45, 7) is 5.30. The van der Waals surface area contributed by atoms with E-state index in [1.54, 1.807) is 11.3 Å². The summed E-state index contributed by atoms with van der Waals surface area (Å²) in [6, 6.07) is 13.6. The first-order valence-electron chi connectivity index (χ1n) is 8.30. The number of hydrogen-bond acceptors (Lipinski definition) is 5. The molecule has 1 fully saturated rings. The number of aromatic nitrogens is 1. The Morgan fingerprint density at radius 1 is 1.16 bits per heavy atom. The number of nitrogens with zero attached hydrogens (tertiary/aromatic N) is 2. The first-order valence-corrected chi connectivity index (χ1v) is 9.12. The highest BCUT2D eigenvalue weighted by Crippen LogP contribution is 2.24. The molecule has 1 aliphatic heterocycles. The van der Waals surface area contributed by atoms with Crippen LogP contribution in [0.4, 0.5) is 11.4 Å². The molecule has 0 unspecified atom stereocenters. The molecule has 0 bridgehead atoms. The van der Waals surface area contributed by atoms with Gasteiger partial charge in [-0.25, -0.2) is 4.98 Å². The molecular formula is C19H19N3O2S. The second kappa shape index (κ2) is 6.82. The molecule has 2 aromatic carbocycles. The average molecular weight is 353 g/mol. The van der Waals surface area contributed by atoms with Gasteiger partial charge in [-0.05, 0) is 49.4 Å². The first kappa shape index (κ1) is 16.1. The van der Waals surface area contributed by atoms with Crippen molar-refractivity contribution in [3.05, 3.63) is 53.0 Å². The molecule has 0 radical (unpaired) electrons. The van der Waals surface area contributed by atoms with Gasteiger partial charge in [-0.2, -0.15) is 0 Å². The van der Waals surface area contributed by atoms with Crippen molar-refractivity contribution in [1.82, 2.24) is 4.98 Å². The largest absolute Gasteiger partial charge is 0.378 e. The highest BCUT2D eigenvalue weighted by Gasteiger charge is 2.12. The monoisotopic (exact) mass is 353 g/mol. The van der Waals surface area contributed by atoms with Crippen LogP contribution in [0.25, 0.3) is 10.2 Å². The van der Waals surface area contributed by atoms with Gasteiger partial charge in [-0.1, -0.05) is 0 Å². The van der Waals surface area contributed by atoms with E-state index >= 15 is 0 Å². The van der Waals surface area contributed by atoms with Gasteiger partial charge in [0, 0.05) is 30.0 Å². The molecule has 1 saturated heterocycles. The third kappa shape index (κ3) is 3.50. The van der Waals surface area contributed by atoms with Crippen molar-refractivity contribution in [2.45, 2.75) is 6.92 Å². The number of carbonyl (C=O) groups is 1. The number of amides is 1. The van der Waals surface area contributed by atoms with E-state index in [4.69, 9.17) is 4.74 Å². The molecule has 2 heterocycles. The van der Waals surface area contributed by atoms with Crippen LogP contribution < -0.4 is 10.2 Å². The van der Waals surface area contributed by atoms with Crippen molar-refractivity contribution in [3.8, 4) is 0 Å². The lowest BCUT2D eigenvalue weighted by atomic mass is 10.2. The van der Waals surface area contributed by atoms with E-state index in [2.05, 4.69) is 15.2 Å². The number of ether oxygens (including phenoxy) is 1. The number of nitrogens with one attached hydrogen (secondary N) is 1. The van der Waals surface area contributed by atoms with Gasteiger partial charge < -0.3 is 15.0 Å². The Labute approximate surface area is 150 Å². The van der Waals surface area contributed by atoms with Gasteiger partial charge in [0.15, 0.2) is 0 Å². The number of benzene rings is 2. The molecular weight excluding hydrogens is 334 g/mol. The maximum Gasteiger partial charge on any atom is 0.255 e. The molecule has 3 aromatic rings. The summed E-state index contributed by atoms with van der Waals surface area (Å²) in [4.78, 5) is 19.2. The Balaban J connectivity index is 1.47. The zero-order chi connectivity index (χ0) is 17.2. The molecule has 1 aliphatic rings. The molecule has 1 aromatic heterocycles. The van der Waals surface area contributed by atoms with E-state index in [1.807, 2.05) is 49.4 Å². The van der Waals surface area contributed by atoms with Crippen LogP contribution in [0.5, 0.6) is 0 Å². The lowest BCUT2D eigenvalue weighted by Gasteiger charge is -2.28. The number of anilines is 2. The lowest BCUT2D eigenvalue weighted by Crippen LogP contribution is -2.36. The predicted octanol–water partition coefficient (Wildman–Crippen LogP) is 3.69. The van der Waals surface area contributed by atoms with Crippen LogP contribution in [-0.2, 0) is 4.74 Å². The van der Waals surface area contributed by atoms with Crippen LogP contribution in [0, 0.1) is 6.92 Å². The van der Waals surface area contributed by atoms with Crippen molar-refractivity contribution in [3.63, 3.8) is 0 Å². The molecule has 0 atom stereocenters. The fraction of sp³-hybridized carbons (Fsp3) is 0.263. The number of thiazole rings is 1. The summed E-state index contributed by atoms with van der Waals surface area (Å²) in [6.07, 6.45) is 0. The molecule has 1 N–H and O–H groups in total. The number of aryl methyl sites for hydroxylation is 1. The molecule has 25 heavy (non-hydrogen) atoms. The quantitative estimate of drug-likeness (QED) is 0.780. The summed E-state index contributed by atoms with van der Waals surface area (Å²) < 4.78 is 6.41. The van der Waals surface area contributed by atoms with E-state index in [0.29, 0.717) is 5.56 Å². The van der Waals surface area contributed by atoms with E-state index in [-0.39, 0.29) is 5.91 Å². The van der Waals surface area contributed by atoms with Crippen molar-refractivity contribution >= 4 is 38.8 Å². The Hall–Kier alpha value is -2.44. The van der Waals surface area contributed by atoms with Gasteiger partial charge >= 0.3 is 0 Å². The Kier molecular flexibility index (Phi) is 4.38. The molecule has 6 heteroatoms. The summed E-state index contributed by atoms with van der Waals surface area (Å²) in [5.41, 5.74) is 3.53. The van der Waals surface area contributed by atoms with Gasteiger partial charge in [0.25, 0.3) is 5.91 Å². The first-order chi connectivity index (χ1) is 12.2. The third-order valence-electron chi connectivity index (χ3n) is 4.26. The molecule has 5 nitrogen and oxygen atoms in total. The van der Waals surface area contributed by atoms with Crippen molar-refractivity contribution in [2.24, 2.45) is 0 Å². The molecule has 0 spiro atoms. The molecule has 4 rings (SSSR count). The Bertz CT molecular complexity index is 899. The van der Waals surface area contributed by atoms with Crippen LogP contribution >= 0.6 is 11.3 Å². The molecule has 0 saturated carbocycles. The van der Waals surface area contributed by atoms with Gasteiger partial charge in [-0.15, -0.1) is 11.3 Å². The predicted molar refractivity (Wildman–Crippen MR) is 102 cm³/mol. The van der Waals surface area contributed by atoms with Crippen LogP contribution in [0.1, 0.15) is 15.4 Å². The van der Waals surface area contributed by atoms with Crippen LogP contribution in [-0.4, -0.2) is 37.2 Å². The topological polar surface area (TPSA) is 54.5 Å². The van der Waals surface area contributed by atoms with E-state index in [0.717, 1.165) is 52.9 Å². The maximum absolute atomic E-state index is 12.5. The fourth-order valence-corrected chi connectivity index (χ4v) is 3.83. The third-order valence-corrected chi connectivity index (χ3v) is 5.19. The van der Waals surface area contributed by atoms with Crippen molar-refractivity contribution in [1.29, 1.82) is 0 Å². The number of morpholine rings is 1. The second-order valence-corrected chi connectivity index (χ2v) is 7.25. The summed E-state index contributed by atoms with van der Waals surface area (Å²) in [7, 11) is 0. The molecule has 1 amide bonds. The van der Waals surface area contributed by atoms with E-state index in [9.17, 15) is 4.79 Å². The van der Waals surface area contributed by atoms with Crippen molar-refractivity contribution < 1.29 is 9.53 Å². The van der Waals surface area contributed by atoms with E-state index < -0.39 is 0 Å². The van der Waals surface area contributed by atoms with E-state index in [1.165, 1.54) is 0 Å². The second-order valence-electron chi connectivity index (χ2n) is 6.02. The number of hydrogen-bond donors (Lipinski definition) is 1. The number of carbonyl (C=O) groups excluding carboxylic acids is 1. The van der Waals surface area contributed by atoms with Crippen LogP contribution in [0.3, 0.4) is 0 Å². The van der Waals surface area contributed by atoms with Crippen molar-refractivity contribution in [2.75, 3.05) is 36.5 Å². The van der Waals surface area contributed by atoms with Gasteiger partial charge in [-0.3, -0.25) is 4.79 Å². The summed E-state index contributed by atoms with van der Waals surface area (Å²) in [5, 5.41) is 3.97. The van der Waals surface area contributed by atoms with Gasteiger partial charge in [0.2, 0.25) is 0 Å². The minimum absolute atomic E-state index is 0.105. The maximum atomic E-state index is 12.5. The molecule has 0 aliphatic carbocycles. The highest BCUT2D eigenvalue weighted by molar-refractivity contribution is 7.18. The lowest BCUT2D eigenvalue weighted by molar-refractivity contribution is 0.102. The highest BCUT2D eigenvalue weighted by atomic mass is 32.1. The number of rotatable bonds is 3. The molecule has 128 valence electrons.